The lowest BCUT2D eigenvalue weighted by Gasteiger charge is -2.15. The molecule has 17 heavy (non-hydrogen) atoms. The van der Waals surface area contributed by atoms with Crippen LogP contribution in [0, 0.1) is 5.92 Å². The minimum absolute atomic E-state index is 0.289. The molecule has 1 rings (SSSR count). The molecule has 0 aliphatic heterocycles. The molecular weight excluding hydrogens is 212 g/mol. The number of hydrogen-bond acceptors (Lipinski definition) is 2. The van der Waals surface area contributed by atoms with Crippen molar-refractivity contribution in [1.82, 2.24) is 0 Å². The van der Waals surface area contributed by atoms with Crippen LogP contribution in [0.3, 0.4) is 0 Å². The van der Waals surface area contributed by atoms with Gasteiger partial charge >= 0.3 is 0 Å². The van der Waals surface area contributed by atoms with Crippen molar-refractivity contribution in [3.05, 3.63) is 48.6 Å². The van der Waals surface area contributed by atoms with E-state index in [4.69, 9.17) is 4.74 Å². The molecule has 0 aromatic heterocycles. The summed E-state index contributed by atoms with van der Waals surface area (Å²) >= 11 is 0. The van der Waals surface area contributed by atoms with Gasteiger partial charge in [0.2, 0.25) is 0 Å². The van der Waals surface area contributed by atoms with Crippen molar-refractivity contribution in [2.24, 2.45) is 5.92 Å². The molecule has 0 unspecified atom stereocenters. The SMILES string of the molecule is C=CC[C@H](O)C[C@@H](C)COCc1ccccc1. The summed E-state index contributed by atoms with van der Waals surface area (Å²) in [5.41, 5.74) is 1.19. The second-order valence-corrected chi connectivity index (χ2v) is 4.52. The van der Waals surface area contributed by atoms with E-state index < -0.39 is 0 Å². The van der Waals surface area contributed by atoms with E-state index in [0.29, 0.717) is 25.6 Å². The van der Waals surface area contributed by atoms with Crippen molar-refractivity contribution < 1.29 is 9.84 Å². The van der Waals surface area contributed by atoms with Crippen LogP contribution in [0.1, 0.15) is 25.3 Å². The monoisotopic (exact) mass is 234 g/mol. The van der Waals surface area contributed by atoms with Gasteiger partial charge in [-0.3, -0.25) is 0 Å². The molecule has 0 spiro atoms. The molecule has 0 saturated carbocycles. The van der Waals surface area contributed by atoms with Gasteiger partial charge in [-0.1, -0.05) is 43.3 Å². The fourth-order valence-corrected chi connectivity index (χ4v) is 1.77. The zero-order valence-electron chi connectivity index (χ0n) is 10.5. The molecule has 0 fully saturated rings. The van der Waals surface area contributed by atoms with E-state index in [0.717, 1.165) is 6.42 Å². The Bertz CT molecular complexity index is 308. The molecule has 0 amide bonds. The fourth-order valence-electron chi connectivity index (χ4n) is 1.77. The molecule has 94 valence electrons. The van der Waals surface area contributed by atoms with Crippen molar-refractivity contribution in [3.8, 4) is 0 Å². The van der Waals surface area contributed by atoms with Crippen LogP contribution in [-0.2, 0) is 11.3 Å². The van der Waals surface area contributed by atoms with Crippen molar-refractivity contribution >= 4 is 0 Å². The van der Waals surface area contributed by atoms with Gasteiger partial charge in [0, 0.05) is 6.61 Å². The zero-order valence-corrected chi connectivity index (χ0v) is 10.5. The summed E-state index contributed by atoms with van der Waals surface area (Å²) in [5.74, 6) is 0.369. The largest absolute Gasteiger partial charge is 0.393 e. The lowest BCUT2D eigenvalue weighted by molar-refractivity contribution is 0.0659. The predicted molar refractivity (Wildman–Crippen MR) is 70.7 cm³/mol. The first-order chi connectivity index (χ1) is 8.22. The smallest absolute Gasteiger partial charge is 0.0717 e. The van der Waals surface area contributed by atoms with Gasteiger partial charge in [-0.05, 0) is 24.3 Å². The fraction of sp³-hybridized carbons (Fsp3) is 0.467. The number of rotatable bonds is 8. The highest BCUT2D eigenvalue weighted by Gasteiger charge is 2.09. The van der Waals surface area contributed by atoms with Gasteiger partial charge in [0.1, 0.15) is 0 Å². The Balaban J connectivity index is 2.16. The van der Waals surface area contributed by atoms with E-state index in [1.807, 2.05) is 18.2 Å². The Morgan fingerprint density at radius 3 is 2.71 bits per heavy atom. The molecular formula is C15H22O2. The third kappa shape index (κ3) is 6.25. The molecule has 1 N–H and O–H groups in total. The van der Waals surface area contributed by atoms with Gasteiger partial charge in [0.05, 0.1) is 12.7 Å². The van der Waals surface area contributed by atoms with E-state index in [1.165, 1.54) is 5.56 Å². The Morgan fingerprint density at radius 2 is 2.06 bits per heavy atom. The molecule has 0 heterocycles. The lowest BCUT2D eigenvalue weighted by atomic mass is 10.0. The molecule has 0 bridgehead atoms. The molecule has 0 radical (unpaired) electrons. The summed E-state index contributed by atoms with van der Waals surface area (Å²) in [6.45, 7) is 7.04. The number of ether oxygens (including phenoxy) is 1. The van der Waals surface area contributed by atoms with Crippen molar-refractivity contribution in [3.63, 3.8) is 0 Å². The predicted octanol–water partition coefficient (Wildman–Crippen LogP) is 3.17. The number of hydrogen-bond donors (Lipinski definition) is 1. The van der Waals surface area contributed by atoms with Crippen molar-refractivity contribution in [2.75, 3.05) is 6.61 Å². The van der Waals surface area contributed by atoms with Crippen LogP contribution in [-0.4, -0.2) is 17.8 Å². The maximum Gasteiger partial charge on any atom is 0.0717 e. The van der Waals surface area contributed by atoms with Crippen LogP contribution in [0.15, 0.2) is 43.0 Å². The standard InChI is InChI=1S/C15H22O2/c1-3-7-15(16)10-13(2)11-17-12-14-8-5-4-6-9-14/h3-6,8-9,13,15-16H,1,7,10-12H2,2H3/t13-,15+/m1/s1. The first kappa shape index (κ1) is 13.9. The quantitative estimate of drug-likeness (QED) is 0.700. The molecule has 0 aliphatic rings. The number of aliphatic hydroxyl groups is 1. The summed E-state index contributed by atoms with van der Waals surface area (Å²) in [6.07, 6.45) is 2.88. The summed E-state index contributed by atoms with van der Waals surface area (Å²) in [6, 6.07) is 10.1. The second-order valence-electron chi connectivity index (χ2n) is 4.52. The van der Waals surface area contributed by atoms with Crippen LogP contribution in [0.4, 0.5) is 0 Å². The molecule has 2 heteroatoms. The second kappa shape index (κ2) is 8.04. The maximum absolute atomic E-state index is 9.61. The third-order valence-electron chi connectivity index (χ3n) is 2.63. The highest BCUT2D eigenvalue weighted by Crippen LogP contribution is 2.10. The van der Waals surface area contributed by atoms with Gasteiger partial charge in [-0.25, -0.2) is 0 Å². The molecule has 1 aromatic rings. The average Bonchev–Trinajstić information content (AvgIpc) is 2.30. The minimum atomic E-state index is -0.289. The first-order valence-electron chi connectivity index (χ1n) is 6.13. The van der Waals surface area contributed by atoms with Crippen LogP contribution < -0.4 is 0 Å². The van der Waals surface area contributed by atoms with E-state index in [2.05, 4.69) is 25.6 Å². The summed E-state index contributed by atoms with van der Waals surface area (Å²) < 4.78 is 5.62. The Kier molecular flexibility index (Phi) is 6.60. The van der Waals surface area contributed by atoms with E-state index in [9.17, 15) is 5.11 Å². The molecule has 0 saturated heterocycles. The van der Waals surface area contributed by atoms with Gasteiger partial charge < -0.3 is 9.84 Å². The molecule has 2 nitrogen and oxygen atoms in total. The van der Waals surface area contributed by atoms with Crippen molar-refractivity contribution in [1.29, 1.82) is 0 Å². The van der Waals surface area contributed by atoms with Gasteiger partial charge in [-0.2, -0.15) is 0 Å². The van der Waals surface area contributed by atoms with E-state index in [-0.39, 0.29) is 6.10 Å². The number of aliphatic hydroxyl groups excluding tert-OH is 1. The Hall–Kier alpha value is -1.12. The van der Waals surface area contributed by atoms with Gasteiger partial charge in [-0.15, -0.1) is 6.58 Å². The highest BCUT2D eigenvalue weighted by atomic mass is 16.5. The normalized spacial score (nSPS) is 14.2. The van der Waals surface area contributed by atoms with E-state index in [1.54, 1.807) is 6.08 Å². The summed E-state index contributed by atoms with van der Waals surface area (Å²) in [5, 5.41) is 9.61. The Labute approximate surface area is 104 Å². The Morgan fingerprint density at radius 1 is 1.35 bits per heavy atom. The first-order valence-corrected chi connectivity index (χ1v) is 6.13. The molecule has 0 aliphatic carbocycles. The van der Waals surface area contributed by atoms with Crippen LogP contribution >= 0.6 is 0 Å². The van der Waals surface area contributed by atoms with E-state index >= 15 is 0 Å². The molecule has 1 aromatic carbocycles. The van der Waals surface area contributed by atoms with Crippen LogP contribution in [0.2, 0.25) is 0 Å². The third-order valence-corrected chi connectivity index (χ3v) is 2.63. The van der Waals surface area contributed by atoms with Gasteiger partial charge in [0.15, 0.2) is 0 Å². The highest BCUT2D eigenvalue weighted by molar-refractivity contribution is 5.13. The molecule has 2 atom stereocenters. The summed E-state index contributed by atoms with van der Waals surface area (Å²) in [4.78, 5) is 0. The summed E-state index contributed by atoms with van der Waals surface area (Å²) in [7, 11) is 0. The lowest BCUT2D eigenvalue weighted by Crippen LogP contribution is -2.15. The minimum Gasteiger partial charge on any atom is -0.393 e. The van der Waals surface area contributed by atoms with Gasteiger partial charge in [0.25, 0.3) is 0 Å². The zero-order chi connectivity index (χ0) is 12.5. The van der Waals surface area contributed by atoms with Crippen LogP contribution in [0.5, 0.6) is 0 Å². The van der Waals surface area contributed by atoms with Crippen LogP contribution in [0.25, 0.3) is 0 Å². The topological polar surface area (TPSA) is 29.5 Å². The maximum atomic E-state index is 9.61. The average molecular weight is 234 g/mol. The van der Waals surface area contributed by atoms with Crippen molar-refractivity contribution in [2.45, 2.75) is 32.5 Å². The number of benzene rings is 1.